The predicted molar refractivity (Wildman–Crippen MR) is 138 cm³/mol. The van der Waals surface area contributed by atoms with Gasteiger partial charge in [0, 0.05) is 32.7 Å². The lowest BCUT2D eigenvalue weighted by atomic mass is 10.2. The minimum absolute atomic E-state index is 0.0491. The normalized spacial score (nSPS) is 15.6. The largest absolute Gasteiger partial charge is 0.477 e. The molecule has 0 aromatic carbocycles. The highest BCUT2D eigenvalue weighted by Gasteiger charge is 2.30. The fraction of sp³-hybridized carbons (Fsp3) is 0.583. The van der Waals surface area contributed by atoms with Gasteiger partial charge in [0.15, 0.2) is 5.52 Å². The number of aryl methyl sites for hydroxylation is 2. The molecule has 0 bridgehead atoms. The summed E-state index contributed by atoms with van der Waals surface area (Å²) in [6.07, 6.45) is 3.73. The first-order valence-electron chi connectivity index (χ1n) is 12.7. The Labute approximate surface area is 211 Å². The van der Waals surface area contributed by atoms with Gasteiger partial charge in [-0.1, -0.05) is 27.2 Å². The van der Waals surface area contributed by atoms with Crippen molar-refractivity contribution in [3.8, 4) is 17.3 Å². The lowest BCUT2D eigenvalue weighted by molar-refractivity contribution is 0.196. The molecule has 0 atom stereocenters. The molecule has 0 saturated carbocycles. The summed E-state index contributed by atoms with van der Waals surface area (Å²) < 4.78 is 36.1. The van der Waals surface area contributed by atoms with E-state index >= 15 is 0 Å². The van der Waals surface area contributed by atoms with Crippen molar-refractivity contribution in [3.05, 3.63) is 28.3 Å². The number of fused-ring (bicyclic) bond motifs is 1. The first kappa shape index (κ1) is 26.2. The van der Waals surface area contributed by atoms with Crippen LogP contribution in [0.15, 0.2) is 22.0 Å². The van der Waals surface area contributed by atoms with E-state index in [1.807, 2.05) is 13.8 Å². The number of hydrogen-bond acceptors (Lipinski definition) is 8. The van der Waals surface area contributed by atoms with E-state index in [9.17, 15) is 13.2 Å². The fourth-order valence-corrected chi connectivity index (χ4v) is 5.81. The van der Waals surface area contributed by atoms with Gasteiger partial charge in [0.1, 0.15) is 16.2 Å². The van der Waals surface area contributed by atoms with Crippen LogP contribution in [0, 0.1) is 0 Å². The monoisotopic (exact) mass is 517 g/mol. The van der Waals surface area contributed by atoms with E-state index in [-0.39, 0.29) is 27.7 Å². The van der Waals surface area contributed by atoms with Gasteiger partial charge in [0.05, 0.1) is 24.1 Å². The minimum atomic E-state index is -3.78. The van der Waals surface area contributed by atoms with Gasteiger partial charge in [-0.05, 0) is 32.4 Å². The van der Waals surface area contributed by atoms with Crippen LogP contribution in [0.25, 0.3) is 22.4 Å². The molecule has 36 heavy (non-hydrogen) atoms. The number of hydrogen-bond donors (Lipinski definition) is 1. The molecule has 0 amide bonds. The molecule has 0 radical (unpaired) electrons. The Morgan fingerprint density at radius 1 is 1.06 bits per heavy atom. The topological polar surface area (TPSA) is 126 Å². The highest BCUT2D eigenvalue weighted by molar-refractivity contribution is 7.89. The number of aromatic nitrogens is 5. The third kappa shape index (κ3) is 5.02. The van der Waals surface area contributed by atoms with Crippen molar-refractivity contribution in [2.45, 2.75) is 58.4 Å². The smallest absolute Gasteiger partial charge is 0.279 e. The number of likely N-dealkylation sites (N-methyl/N-ethyl adjacent to an activating group) is 1. The summed E-state index contributed by atoms with van der Waals surface area (Å²) in [7, 11) is -3.78. The number of H-pyrrole nitrogens is 1. The maximum Gasteiger partial charge on any atom is 0.279 e. The number of rotatable bonds is 10. The zero-order valence-corrected chi connectivity index (χ0v) is 22.3. The molecule has 4 heterocycles. The average Bonchev–Trinajstić information content (AvgIpc) is 3.27. The van der Waals surface area contributed by atoms with Gasteiger partial charge >= 0.3 is 0 Å². The van der Waals surface area contributed by atoms with Gasteiger partial charge in [-0.15, -0.1) is 0 Å². The molecule has 196 valence electrons. The first-order chi connectivity index (χ1) is 17.3. The van der Waals surface area contributed by atoms with E-state index < -0.39 is 10.0 Å². The van der Waals surface area contributed by atoms with Gasteiger partial charge < -0.3 is 14.6 Å². The van der Waals surface area contributed by atoms with Crippen molar-refractivity contribution in [1.82, 2.24) is 33.9 Å². The van der Waals surface area contributed by atoms with Crippen molar-refractivity contribution < 1.29 is 13.2 Å². The van der Waals surface area contributed by atoms with Crippen LogP contribution in [-0.2, 0) is 23.0 Å². The SMILES string of the molecule is CCCCOc1ncc(S(=O)(=O)N2CCN(CC)CC2)cc1-c1nc2c(CC)n(CC)nc2c(=O)[nH]1. The van der Waals surface area contributed by atoms with Crippen LogP contribution in [0.5, 0.6) is 5.88 Å². The summed E-state index contributed by atoms with van der Waals surface area (Å²) in [5, 5.41) is 4.41. The van der Waals surface area contributed by atoms with Gasteiger partial charge in [-0.2, -0.15) is 9.40 Å². The van der Waals surface area contributed by atoms with Crippen molar-refractivity contribution in [3.63, 3.8) is 0 Å². The second-order valence-electron chi connectivity index (χ2n) is 8.79. The summed E-state index contributed by atoms with van der Waals surface area (Å²) >= 11 is 0. The Morgan fingerprint density at radius 2 is 1.81 bits per heavy atom. The van der Waals surface area contributed by atoms with Gasteiger partial charge in [0.25, 0.3) is 5.56 Å². The Balaban J connectivity index is 1.81. The molecule has 4 rings (SSSR count). The lowest BCUT2D eigenvalue weighted by Gasteiger charge is -2.33. The van der Waals surface area contributed by atoms with Crippen molar-refractivity contribution in [2.24, 2.45) is 0 Å². The van der Waals surface area contributed by atoms with E-state index in [1.165, 1.54) is 16.6 Å². The number of nitrogens with one attached hydrogen (secondary N) is 1. The van der Waals surface area contributed by atoms with E-state index in [0.29, 0.717) is 56.8 Å². The fourth-order valence-electron chi connectivity index (χ4n) is 4.41. The van der Waals surface area contributed by atoms with E-state index in [2.05, 4.69) is 33.8 Å². The number of sulfonamides is 1. The second kappa shape index (κ2) is 11.1. The van der Waals surface area contributed by atoms with Crippen LogP contribution < -0.4 is 10.3 Å². The van der Waals surface area contributed by atoms with Crippen LogP contribution in [0.3, 0.4) is 0 Å². The maximum atomic E-state index is 13.5. The van der Waals surface area contributed by atoms with Gasteiger partial charge in [-0.3, -0.25) is 9.48 Å². The van der Waals surface area contributed by atoms with Crippen LogP contribution in [0.4, 0.5) is 0 Å². The number of pyridine rings is 1. The zero-order valence-electron chi connectivity index (χ0n) is 21.5. The summed E-state index contributed by atoms with van der Waals surface area (Å²) in [5.74, 6) is 0.450. The highest BCUT2D eigenvalue weighted by Crippen LogP contribution is 2.30. The van der Waals surface area contributed by atoms with E-state index in [1.54, 1.807) is 4.68 Å². The van der Waals surface area contributed by atoms with Crippen molar-refractivity contribution >= 4 is 21.1 Å². The van der Waals surface area contributed by atoms with Crippen molar-refractivity contribution in [1.29, 1.82) is 0 Å². The van der Waals surface area contributed by atoms with E-state index in [4.69, 9.17) is 9.72 Å². The average molecular weight is 518 g/mol. The molecular weight excluding hydrogens is 482 g/mol. The Kier molecular flexibility index (Phi) is 8.06. The summed E-state index contributed by atoms with van der Waals surface area (Å²) in [5.41, 5.74) is 1.56. The molecule has 12 heteroatoms. The van der Waals surface area contributed by atoms with Gasteiger partial charge in [-0.25, -0.2) is 18.4 Å². The molecule has 0 unspecified atom stereocenters. The third-order valence-corrected chi connectivity index (χ3v) is 8.43. The molecule has 1 aliphatic rings. The maximum absolute atomic E-state index is 13.5. The molecule has 1 aliphatic heterocycles. The first-order valence-corrected chi connectivity index (χ1v) is 14.1. The quantitative estimate of drug-likeness (QED) is 0.406. The molecule has 1 N–H and O–H groups in total. The lowest BCUT2D eigenvalue weighted by Crippen LogP contribution is -2.48. The highest BCUT2D eigenvalue weighted by atomic mass is 32.2. The standard InChI is InChI=1S/C24H35N7O4S/c1-5-9-14-35-24-18(22-26-20-19(6-2)31(8-4)28-21(20)23(32)27-22)15-17(16-25-24)36(33,34)30-12-10-29(7-3)11-13-30/h15-16H,5-14H2,1-4H3,(H,26,27,32). The predicted octanol–water partition coefficient (Wildman–Crippen LogP) is 2.27. The zero-order chi connectivity index (χ0) is 25.9. The Hall–Kier alpha value is -2.83. The molecule has 11 nitrogen and oxygen atoms in total. The van der Waals surface area contributed by atoms with E-state index in [0.717, 1.165) is 25.1 Å². The number of aromatic amines is 1. The molecule has 3 aromatic heterocycles. The van der Waals surface area contributed by atoms with Gasteiger partial charge in [0.2, 0.25) is 15.9 Å². The number of unbranched alkanes of at least 4 members (excludes halogenated alkanes) is 1. The second-order valence-corrected chi connectivity index (χ2v) is 10.7. The van der Waals surface area contributed by atoms with Crippen LogP contribution in [0.1, 0.15) is 46.2 Å². The molecule has 1 saturated heterocycles. The molecule has 3 aromatic rings. The number of ether oxygens (including phenoxy) is 1. The van der Waals surface area contributed by atoms with Crippen molar-refractivity contribution in [2.75, 3.05) is 39.3 Å². The van der Waals surface area contributed by atoms with Crippen LogP contribution in [0.2, 0.25) is 0 Å². The van der Waals surface area contributed by atoms with Crippen LogP contribution in [-0.4, -0.2) is 81.7 Å². The third-order valence-electron chi connectivity index (χ3n) is 6.57. The Bertz CT molecular complexity index is 1380. The number of piperazine rings is 1. The summed E-state index contributed by atoms with van der Waals surface area (Å²) in [4.78, 5) is 27.1. The van der Waals surface area contributed by atoms with Crippen LogP contribution >= 0.6 is 0 Å². The minimum Gasteiger partial charge on any atom is -0.477 e. The molecule has 0 aliphatic carbocycles. The number of nitrogens with zero attached hydrogens (tertiary/aromatic N) is 6. The molecule has 1 fully saturated rings. The Morgan fingerprint density at radius 3 is 2.44 bits per heavy atom. The molecular formula is C24H35N7O4S. The summed E-state index contributed by atoms with van der Waals surface area (Å²) in [6.45, 7) is 12.2. The summed E-state index contributed by atoms with van der Waals surface area (Å²) in [6, 6.07) is 1.51. The molecule has 0 spiro atoms.